The fourth-order valence-electron chi connectivity index (χ4n) is 2.04. The van der Waals surface area contributed by atoms with Gasteiger partial charge in [0, 0.05) is 0 Å². The van der Waals surface area contributed by atoms with Crippen molar-refractivity contribution in [2.45, 2.75) is 4.90 Å². The second-order valence-electron chi connectivity index (χ2n) is 5.01. The molecule has 0 fully saturated rings. The number of halogens is 3. The fraction of sp³-hybridized carbons (Fsp3) is 0. The van der Waals surface area contributed by atoms with Crippen LogP contribution in [-0.4, -0.2) is 29.3 Å². The number of rotatable bonds is 4. The van der Waals surface area contributed by atoms with Crippen molar-refractivity contribution in [3.63, 3.8) is 0 Å². The molecular weight excluding hydrogens is 390 g/mol. The molecule has 3 aromatic rings. The first-order valence-electron chi connectivity index (χ1n) is 6.97. The van der Waals surface area contributed by atoms with E-state index in [0.29, 0.717) is 0 Å². The summed E-state index contributed by atoms with van der Waals surface area (Å²) in [6.07, 6.45) is 1.10. The van der Waals surface area contributed by atoms with Crippen molar-refractivity contribution in [3.05, 3.63) is 71.0 Å². The van der Waals surface area contributed by atoms with E-state index in [2.05, 4.69) is 10.3 Å². The first-order valence-corrected chi connectivity index (χ1v) is 8.83. The number of hydrogen-bond acceptors (Lipinski definition) is 5. The Morgan fingerprint density at radius 2 is 1.88 bits per heavy atom. The average Bonchev–Trinajstić information content (AvgIpc) is 3.04. The van der Waals surface area contributed by atoms with Gasteiger partial charge in [0.25, 0.3) is 15.9 Å². The number of nitrogens with zero attached hydrogens (tertiary/aromatic N) is 3. The summed E-state index contributed by atoms with van der Waals surface area (Å²) in [5.74, 6) is -2.68. The molecule has 26 heavy (non-hydrogen) atoms. The lowest BCUT2D eigenvalue weighted by atomic mass is 10.3. The normalized spacial score (nSPS) is 11.3. The monoisotopic (exact) mass is 398 g/mol. The summed E-state index contributed by atoms with van der Waals surface area (Å²) in [4.78, 5) is 11.4. The van der Waals surface area contributed by atoms with Gasteiger partial charge < -0.3 is 0 Å². The molecular formula is C15H9ClF2N4O3S. The van der Waals surface area contributed by atoms with Crippen LogP contribution < -0.4 is 4.72 Å². The van der Waals surface area contributed by atoms with Crippen molar-refractivity contribution in [2.24, 2.45) is 0 Å². The number of amides is 1. The van der Waals surface area contributed by atoms with Gasteiger partial charge in [-0.05, 0) is 30.3 Å². The molecule has 0 saturated carbocycles. The van der Waals surface area contributed by atoms with E-state index in [1.807, 2.05) is 0 Å². The number of hydrogen-bond donors (Lipinski definition) is 1. The predicted octanol–water partition coefficient (Wildman–Crippen LogP) is 2.32. The molecule has 0 atom stereocenters. The Bertz CT molecular complexity index is 1100. The van der Waals surface area contributed by atoms with E-state index in [1.165, 1.54) is 18.2 Å². The van der Waals surface area contributed by atoms with Gasteiger partial charge in [0.1, 0.15) is 16.5 Å². The smallest absolute Gasteiger partial charge is 0.266 e. The number of carbonyl (C=O) groups excluding carboxylic acids is 1. The Labute approximate surface area is 151 Å². The molecule has 1 heterocycles. The minimum Gasteiger partial charge on any atom is -0.266 e. The van der Waals surface area contributed by atoms with Crippen LogP contribution in [0.5, 0.6) is 0 Å². The van der Waals surface area contributed by atoms with Crippen LogP contribution in [0.25, 0.3) is 5.69 Å². The molecule has 0 spiro atoms. The highest BCUT2D eigenvalue weighted by Gasteiger charge is 2.24. The van der Waals surface area contributed by atoms with Crippen LogP contribution in [0.4, 0.5) is 8.78 Å². The second kappa shape index (κ2) is 6.81. The number of aromatic nitrogens is 3. The van der Waals surface area contributed by atoms with E-state index in [-0.39, 0.29) is 16.4 Å². The lowest BCUT2D eigenvalue weighted by Gasteiger charge is -2.06. The molecule has 3 rings (SSSR count). The lowest BCUT2D eigenvalue weighted by Crippen LogP contribution is -2.31. The highest BCUT2D eigenvalue weighted by molar-refractivity contribution is 7.90. The molecule has 11 heteroatoms. The summed E-state index contributed by atoms with van der Waals surface area (Å²) in [6.45, 7) is 0. The van der Waals surface area contributed by atoms with Gasteiger partial charge in [0.15, 0.2) is 5.69 Å². The molecule has 134 valence electrons. The van der Waals surface area contributed by atoms with Gasteiger partial charge in [-0.3, -0.25) is 4.79 Å². The van der Waals surface area contributed by atoms with E-state index in [9.17, 15) is 22.0 Å². The van der Waals surface area contributed by atoms with E-state index in [0.717, 1.165) is 35.1 Å². The quantitative estimate of drug-likeness (QED) is 0.727. The SMILES string of the molecule is O=C(NS(=O)(=O)c1ccccc1F)c1cn(-c2ccc(F)cc2Cl)nn1. The highest BCUT2D eigenvalue weighted by atomic mass is 35.5. The molecule has 0 unspecified atom stereocenters. The summed E-state index contributed by atoms with van der Waals surface area (Å²) in [7, 11) is -4.43. The van der Waals surface area contributed by atoms with Crippen molar-refractivity contribution in [1.29, 1.82) is 0 Å². The first kappa shape index (κ1) is 18.0. The van der Waals surface area contributed by atoms with Gasteiger partial charge in [-0.15, -0.1) is 5.10 Å². The van der Waals surface area contributed by atoms with Gasteiger partial charge >= 0.3 is 0 Å². The molecule has 1 aromatic heterocycles. The first-order chi connectivity index (χ1) is 12.3. The van der Waals surface area contributed by atoms with Gasteiger partial charge in [0.2, 0.25) is 0 Å². The van der Waals surface area contributed by atoms with E-state index in [4.69, 9.17) is 11.6 Å². The number of nitrogens with one attached hydrogen (secondary N) is 1. The molecule has 0 aliphatic heterocycles. The Morgan fingerprint density at radius 3 is 2.58 bits per heavy atom. The van der Waals surface area contributed by atoms with Gasteiger partial charge in [-0.1, -0.05) is 28.9 Å². The maximum atomic E-state index is 13.6. The maximum Gasteiger partial charge on any atom is 0.287 e. The van der Waals surface area contributed by atoms with Gasteiger partial charge in [-0.25, -0.2) is 26.6 Å². The zero-order valence-corrected chi connectivity index (χ0v) is 14.3. The Kier molecular flexibility index (Phi) is 4.70. The summed E-state index contributed by atoms with van der Waals surface area (Å²) in [5, 5.41) is 7.21. The van der Waals surface area contributed by atoms with Crippen LogP contribution in [0.1, 0.15) is 10.5 Å². The fourth-order valence-corrected chi connectivity index (χ4v) is 3.34. The predicted molar refractivity (Wildman–Crippen MR) is 87.4 cm³/mol. The molecule has 1 N–H and O–H groups in total. The number of benzene rings is 2. The standard InChI is InChI=1S/C15H9ClF2N4O3S/c16-10-7-9(17)5-6-13(10)22-8-12(19-21-22)15(23)20-26(24,25)14-4-2-1-3-11(14)18/h1-8H,(H,20,23). The molecule has 2 aromatic carbocycles. The molecule has 0 aliphatic rings. The Hall–Kier alpha value is -2.85. The van der Waals surface area contributed by atoms with Gasteiger partial charge in [-0.2, -0.15) is 0 Å². The van der Waals surface area contributed by atoms with Crippen LogP contribution in [0.15, 0.2) is 53.6 Å². The third-order valence-corrected chi connectivity index (χ3v) is 4.90. The Morgan fingerprint density at radius 1 is 1.15 bits per heavy atom. The molecule has 1 amide bonds. The van der Waals surface area contributed by atoms with Crippen LogP contribution in [0.2, 0.25) is 5.02 Å². The van der Waals surface area contributed by atoms with Crippen molar-refractivity contribution in [1.82, 2.24) is 19.7 Å². The number of carbonyl (C=O) groups is 1. The highest BCUT2D eigenvalue weighted by Crippen LogP contribution is 2.21. The van der Waals surface area contributed by atoms with Gasteiger partial charge in [0.05, 0.1) is 16.9 Å². The average molecular weight is 399 g/mol. The molecule has 0 bridgehead atoms. The molecule has 0 saturated heterocycles. The van der Waals surface area contributed by atoms with Crippen LogP contribution >= 0.6 is 11.6 Å². The topological polar surface area (TPSA) is 94.0 Å². The second-order valence-corrected chi connectivity index (χ2v) is 7.07. The van der Waals surface area contributed by atoms with Crippen LogP contribution in [0, 0.1) is 11.6 Å². The molecule has 7 nitrogen and oxygen atoms in total. The minimum atomic E-state index is -4.43. The zero-order chi connectivity index (χ0) is 18.9. The number of sulfonamides is 1. The van der Waals surface area contributed by atoms with Crippen molar-refractivity contribution >= 4 is 27.5 Å². The van der Waals surface area contributed by atoms with Crippen molar-refractivity contribution in [3.8, 4) is 5.69 Å². The van der Waals surface area contributed by atoms with E-state index >= 15 is 0 Å². The van der Waals surface area contributed by atoms with E-state index < -0.39 is 32.5 Å². The minimum absolute atomic E-state index is 0.0147. The summed E-state index contributed by atoms with van der Waals surface area (Å²) in [5.41, 5.74) is -0.123. The van der Waals surface area contributed by atoms with Crippen molar-refractivity contribution in [2.75, 3.05) is 0 Å². The largest absolute Gasteiger partial charge is 0.287 e. The lowest BCUT2D eigenvalue weighted by molar-refractivity contribution is 0.0976. The summed E-state index contributed by atoms with van der Waals surface area (Å²) < 4.78 is 53.7. The summed E-state index contributed by atoms with van der Waals surface area (Å²) in [6, 6.07) is 8.07. The van der Waals surface area contributed by atoms with E-state index in [1.54, 1.807) is 4.72 Å². The maximum absolute atomic E-state index is 13.6. The summed E-state index contributed by atoms with van der Waals surface area (Å²) >= 11 is 5.89. The van der Waals surface area contributed by atoms with Crippen LogP contribution in [0.3, 0.4) is 0 Å². The van der Waals surface area contributed by atoms with Crippen LogP contribution in [-0.2, 0) is 10.0 Å². The molecule has 0 radical (unpaired) electrons. The molecule has 0 aliphatic carbocycles. The van der Waals surface area contributed by atoms with Crippen molar-refractivity contribution < 1.29 is 22.0 Å². The third-order valence-electron chi connectivity index (χ3n) is 3.24. The zero-order valence-electron chi connectivity index (χ0n) is 12.7. The Balaban J connectivity index is 1.86. The third kappa shape index (κ3) is 3.55.